The van der Waals surface area contributed by atoms with Crippen molar-refractivity contribution in [2.75, 3.05) is 5.75 Å². The molecule has 0 radical (unpaired) electrons. The lowest BCUT2D eigenvalue weighted by Gasteiger charge is -2.26. The predicted molar refractivity (Wildman–Crippen MR) is 60.0 cm³/mol. The highest BCUT2D eigenvalue weighted by molar-refractivity contribution is 7.92. The summed E-state index contributed by atoms with van der Waals surface area (Å²) in [5.41, 5.74) is 0. The summed E-state index contributed by atoms with van der Waals surface area (Å²) in [7, 11) is -3.05. The van der Waals surface area contributed by atoms with Crippen molar-refractivity contribution in [1.29, 1.82) is 5.26 Å². The van der Waals surface area contributed by atoms with E-state index in [9.17, 15) is 8.42 Å². The quantitative estimate of drug-likeness (QED) is 0.745. The molecule has 1 rings (SSSR count). The summed E-state index contributed by atoms with van der Waals surface area (Å²) in [5, 5.41) is 8.44. The Morgan fingerprint density at radius 3 is 2.67 bits per heavy atom. The minimum Gasteiger partial charge on any atom is -0.229 e. The maximum absolute atomic E-state index is 11.9. The molecule has 0 amide bonds. The van der Waals surface area contributed by atoms with E-state index in [4.69, 9.17) is 5.26 Å². The van der Waals surface area contributed by atoms with E-state index in [1.165, 1.54) is 0 Å². The van der Waals surface area contributed by atoms with Gasteiger partial charge in [0, 0.05) is 0 Å². The van der Waals surface area contributed by atoms with Gasteiger partial charge in [-0.2, -0.15) is 5.26 Å². The maximum Gasteiger partial charge on any atom is 0.154 e. The Morgan fingerprint density at radius 1 is 1.47 bits per heavy atom. The molecule has 0 aliphatic heterocycles. The maximum atomic E-state index is 11.9. The Labute approximate surface area is 92.4 Å². The van der Waals surface area contributed by atoms with E-state index < -0.39 is 9.84 Å². The fourth-order valence-corrected chi connectivity index (χ4v) is 4.42. The summed E-state index contributed by atoms with van der Waals surface area (Å²) in [5.74, 6) is 0.157. The second-order valence-corrected chi connectivity index (χ2v) is 7.08. The molecule has 0 N–H and O–H groups in total. The van der Waals surface area contributed by atoms with Crippen molar-refractivity contribution in [2.24, 2.45) is 11.8 Å². The summed E-state index contributed by atoms with van der Waals surface area (Å²) >= 11 is 0. The molecule has 3 nitrogen and oxygen atoms in total. The van der Waals surface area contributed by atoms with Gasteiger partial charge in [-0.05, 0) is 25.7 Å². The predicted octanol–water partition coefficient (Wildman–Crippen LogP) is 2.14. The monoisotopic (exact) mass is 229 g/mol. The van der Waals surface area contributed by atoms with Crippen molar-refractivity contribution in [3.63, 3.8) is 0 Å². The molecule has 3 atom stereocenters. The summed E-state index contributed by atoms with van der Waals surface area (Å²) < 4.78 is 23.9. The van der Waals surface area contributed by atoms with Gasteiger partial charge in [-0.1, -0.05) is 19.8 Å². The molecule has 0 aromatic heterocycles. The van der Waals surface area contributed by atoms with E-state index in [1.54, 1.807) is 6.92 Å². The van der Waals surface area contributed by atoms with Crippen LogP contribution in [0.5, 0.6) is 0 Å². The molecular weight excluding hydrogens is 210 g/mol. The van der Waals surface area contributed by atoms with Crippen LogP contribution in [0.1, 0.15) is 39.5 Å². The molecule has 1 aliphatic rings. The van der Waals surface area contributed by atoms with Gasteiger partial charge in [0.15, 0.2) is 9.84 Å². The summed E-state index contributed by atoms with van der Waals surface area (Å²) in [6.45, 7) is 3.78. The van der Waals surface area contributed by atoms with E-state index in [0.717, 1.165) is 25.7 Å². The van der Waals surface area contributed by atoms with Crippen LogP contribution in [-0.2, 0) is 9.84 Å². The third-order valence-corrected chi connectivity index (χ3v) is 5.51. The highest BCUT2D eigenvalue weighted by Crippen LogP contribution is 2.29. The Morgan fingerprint density at radius 2 is 2.13 bits per heavy atom. The standard InChI is InChI=1S/C11H19NO2S/c1-9-4-3-5-11(6-9)15(13,14)8-10(2)7-12/h9-11H,3-6,8H2,1-2H3. The van der Waals surface area contributed by atoms with Crippen LogP contribution in [0.15, 0.2) is 0 Å². The first-order chi connectivity index (χ1) is 6.95. The van der Waals surface area contributed by atoms with E-state index in [2.05, 4.69) is 6.92 Å². The Balaban J connectivity index is 2.65. The van der Waals surface area contributed by atoms with Crippen LogP contribution in [0.2, 0.25) is 0 Å². The summed E-state index contributed by atoms with van der Waals surface area (Å²) in [6.07, 6.45) is 3.71. The van der Waals surface area contributed by atoms with Crippen LogP contribution in [0, 0.1) is 23.2 Å². The molecule has 15 heavy (non-hydrogen) atoms. The molecule has 0 heterocycles. The van der Waals surface area contributed by atoms with E-state index in [-0.39, 0.29) is 16.9 Å². The summed E-state index contributed by atoms with van der Waals surface area (Å²) in [6, 6.07) is 1.99. The Hall–Kier alpha value is -0.560. The number of sulfone groups is 1. The number of hydrogen-bond donors (Lipinski definition) is 0. The smallest absolute Gasteiger partial charge is 0.154 e. The van der Waals surface area contributed by atoms with E-state index in [0.29, 0.717) is 5.92 Å². The molecule has 86 valence electrons. The first-order valence-electron chi connectivity index (χ1n) is 5.57. The van der Waals surface area contributed by atoms with Gasteiger partial charge in [-0.15, -0.1) is 0 Å². The fraction of sp³-hybridized carbons (Fsp3) is 0.909. The topological polar surface area (TPSA) is 57.9 Å². The summed E-state index contributed by atoms with van der Waals surface area (Å²) in [4.78, 5) is 0. The highest BCUT2D eigenvalue weighted by atomic mass is 32.2. The number of hydrogen-bond acceptors (Lipinski definition) is 3. The number of rotatable bonds is 3. The minimum absolute atomic E-state index is 0.0287. The molecule has 1 saturated carbocycles. The van der Waals surface area contributed by atoms with Crippen LogP contribution < -0.4 is 0 Å². The Kier molecular flexibility index (Phi) is 4.15. The van der Waals surface area contributed by atoms with Gasteiger partial charge in [-0.3, -0.25) is 0 Å². The molecule has 0 saturated heterocycles. The number of nitrogens with zero attached hydrogens (tertiary/aromatic N) is 1. The fourth-order valence-electron chi connectivity index (χ4n) is 2.23. The molecule has 0 aromatic rings. The molecule has 1 aliphatic carbocycles. The molecule has 0 spiro atoms. The van der Waals surface area contributed by atoms with Gasteiger partial charge in [0.2, 0.25) is 0 Å². The zero-order chi connectivity index (χ0) is 11.5. The zero-order valence-electron chi connectivity index (χ0n) is 9.44. The average molecular weight is 229 g/mol. The molecule has 3 unspecified atom stereocenters. The number of nitriles is 1. The van der Waals surface area contributed by atoms with Crippen molar-refractivity contribution in [3.8, 4) is 6.07 Å². The van der Waals surface area contributed by atoms with Crippen molar-refractivity contribution >= 4 is 9.84 Å². The van der Waals surface area contributed by atoms with Gasteiger partial charge in [0.25, 0.3) is 0 Å². The second-order valence-electron chi connectivity index (χ2n) is 4.75. The zero-order valence-corrected chi connectivity index (χ0v) is 10.3. The highest BCUT2D eigenvalue weighted by Gasteiger charge is 2.31. The molecule has 0 aromatic carbocycles. The van der Waals surface area contributed by atoms with Crippen molar-refractivity contribution in [3.05, 3.63) is 0 Å². The lowest BCUT2D eigenvalue weighted by molar-refractivity contribution is 0.381. The minimum atomic E-state index is -3.05. The van der Waals surface area contributed by atoms with Crippen molar-refractivity contribution in [2.45, 2.75) is 44.8 Å². The van der Waals surface area contributed by atoms with Gasteiger partial charge >= 0.3 is 0 Å². The van der Waals surface area contributed by atoms with Crippen LogP contribution in [0.4, 0.5) is 0 Å². The van der Waals surface area contributed by atoms with Gasteiger partial charge in [0.05, 0.1) is 23.0 Å². The van der Waals surface area contributed by atoms with E-state index >= 15 is 0 Å². The lowest BCUT2D eigenvalue weighted by atomic mass is 9.91. The normalized spacial score (nSPS) is 29.4. The molecule has 1 fully saturated rings. The van der Waals surface area contributed by atoms with Gasteiger partial charge in [-0.25, -0.2) is 8.42 Å². The van der Waals surface area contributed by atoms with Crippen molar-refractivity contribution in [1.82, 2.24) is 0 Å². The van der Waals surface area contributed by atoms with Gasteiger partial charge in [0.1, 0.15) is 0 Å². The average Bonchev–Trinajstić information content (AvgIpc) is 2.17. The largest absolute Gasteiger partial charge is 0.229 e. The molecule has 4 heteroatoms. The SMILES string of the molecule is CC(C#N)CS(=O)(=O)C1CCCC(C)C1. The van der Waals surface area contributed by atoms with Crippen LogP contribution in [-0.4, -0.2) is 19.4 Å². The second kappa shape index (κ2) is 4.98. The van der Waals surface area contributed by atoms with Gasteiger partial charge < -0.3 is 0 Å². The Bertz CT molecular complexity index is 342. The van der Waals surface area contributed by atoms with Crippen LogP contribution in [0.3, 0.4) is 0 Å². The van der Waals surface area contributed by atoms with Crippen LogP contribution >= 0.6 is 0 Å². The first kappa shape index (κ1) is 12.5. The van der Waals surface area contributed by atoms with Crippen molar-refractivity contribution < 1.29 is 8.42 Å². The molecule has 0 bridgehead atoms. The van der Waals surface area contributed by atoms with Crippen LogP contribution in [0.25, 0.3) is 0 Å². The van der Waals surface area contributed by atoms with E-state index in [1.807, 2.05) is 6.07 Å². The third kappa shape index (κ3) is 3.49. The third-order valence-electron chi connectivity index (χ3n) is 3.10. The lowest BCUT2D eigenvalue weighted by Crippen LogP contribution is -2.31. The first-order valence-corrected chi connectivity index (χ1v) is 7.28. The molecular formula is C11H19NO2S.